The average molecular weight is 216 g/mol. The van der Waals surface area contributed by atoms with E-state index in [1.807, 2.05) is 18.2 Å². The lowest BCUT2D eigenvalue weighted by atomic mass is 9.67. The molecule has 0 unspecified atom stereocenters. The van der Waals surface area contributed by atoms with Gasteiger partial charge in [0.15, 0.2) is 0 Å². The number of carbonyl (C=O) groups excluding carboxylic acids is 1. The van der Waals surface area contributed by atoms with Gasteiger partial charge in [0.2, 0.25) is 0 Å². The number of carbonyl (C=O) groups is 1. The highest BCUT2D eigenvalue weighted by molar-refractivity contribution is 5.66. The van der Waals surface area contributed by atoms with Gasteiger partial charge in [-0.05, 0) is 17.9 Å². The molecular weight excluding hydrogens is 200 g/mol. The second kappa shape index (κ2) is 4.52. The van der Waals surface area contributed by atoms with Gasteiger partial charge in [0.05, 0.1) is 6.61 Å². The smallest absolute Gasteiger partial charge is 0.302 e. The summed E-state index contributed by atoms with van der Waals surface area (Å²) >= 11 is 0. The van der Waals surface area contributed by atoms with Crippen molar-refractivity contribution in [1.29, 1.82) is 0 Å². The molecular formula is C14H16O2. The molecule has 0 amide bonds. The molecule has 0 saturated heterocycles. The van der Waals surface area contributed by atoms with Crippen molar-refractivity contribution in [2.75, 3.05) is 6.61 Å². The zero-order chi connectivity index (χ0) is 11.5. The van der Waals surface area contributed by atoms with Crippen LogP contribution in [0.3, 0.4) is 0 Å². The molecule has 0 N–H and O–H groups in total. The molecule has 0 bridgehead atoms. The largest absolute Gasteiger partial charge is 0.465 e. The molecule has 2 heteroatoms. The van der Waals surface area contributed by atoms with Gasteiger partial charge in [0.25, 0.3) is 0 Å². The minimum atomic E-state index is -0.216. The highest BCUT2D eigenvalue weighted by Gasteiger charge is 2.36. The molecule has 0 radical (unpaired) electrons. The van der Waals surface area contributed by atoms with Crippen LogP contribution in [0.1, 0.15) is 24.8 Å². The Morgan fingerprint density at radius 2 is 2.12 bits per heavy atom. The van der Waals surface area contributed by atoms with Crippen LogP contribution in [0.2, 0.25) is 0 Å². The van der Waals surface area contributed by atoms with Gasteiger partial charge in [-0.1, -0.05) is 42.5 Å². The highest BCUT2D eigenvalue weighted by Crippen LogP contribution is 2.45. The van der Waals surface area contributed by atoms with Gasteiger partial charge >= 0.3 is 5.97 Å². The molecule has 1 aromatic rings. The fraction of sp³-hybridized carbons (Fsp3) is 0.357. The first kappa shape index (κ1) is 10.9. The molecule has 1 fully saturated rings. The first-order valence-electron chi connectivity index (χ1n) is 5.54. The van der Waals surface area contributed by atoms with Crippen LogP contribution in [-0.4, -0.2) is 12.6 Å². The Kier molecular flexibility index (Phi) is 3.09. The first-order chi connectivity index (χ1) is 7.68. The Balaban J connectivity index is 2.02. The Morgan fingerprint density at radius 1 is 1.44 bits per heavy atom. The van der Waals surface area contributed by atoms with Crippen molar-refractivity contribution >= 4 is 5.97 Å². The van der Waals surface area contributed by atoms with E-state index in [1.54, 1.807) is 0 Å². The van der Waals surface area contributed by atoms with Crippen molar-refractivity contribution < 1.29 is 9.53 Å². The number of benzene rings is 1. The molecule has 1 aromatic carbocycles. The molecule has 2 rings (SSSR count). The number of rotatable bonds is 3. The van der Waals surface area contributed by atoms with Gasteiger partial charge in [-0.15, -0.1) is 0 Å². The monoisotopic (exact) mass is 216 g/mol. The third-order valence-electron chi connectivity index (χ3n) is 3.19. The molecule has 0 aliphatic heterocycles. The van der Waals surface area contributed by atoms with Gasteiger partial charge < -0.3 is 4.74 Å². The first-order valence-corrected chi connectivity index (χ1v) is 5.54. The maximum atomic E-state index is 10.8. The minimum absolute atomic E-state index is 0.216. The molecule has 84 valence electrons. The summed E-state index contributed by atoms with van der Waals surface area (Å²) in [5, 5.41) is 0. The summed E-state index contributed by atoms with van der Waals surface area (Å²) in [6, 6.07) is 10.3. The zero-order valence-electron chi connectivity index (χ0n) is 9.48. The summed E-state index contributed by atoms with van der Waals surface area (Å²) in [5.74, 6) is 0.547. The van der Waals surface area contributed by atoms with E-state index in [0.717, 1.165) is 6.42 Å². The van der Waals surface area contributed by atoms with Crippen LogP contribution in [0, 0.1) is 5.92 Å². The van der Waals surface area contributed by atoms with Crippen molar-refractivity contribution in [2.45, 2.75) is 19.3 Å². The molecule has 2 nitrogen and oxygen atoms in total. The Morgan fingerprint density at radius 3 is 2.69 bits per heavy atom. The van der Waals surface area contributed by atoms with Gasteiger partial charge in [-0.2, -0.15) is 0 Å². The van der Waals surface area contributed by atoms with Crippen LogP contribution in [0.4, 0.5) is 0 Å². The fourth-order valence-electron chi connectivity index (χ4n) is 2.19. The van der Waals surface area contributed by atoms with Gasteiger partial charge in [-0.3, -0.25) is 4.79 Å². The van der Waals surface area contributed by atoms with Crippen LogP contribution < -0.4 is 0 Å². The predicted molar refractivity (Wildman–Crippen MR) is 63.1 cm³/mol. The third kappa shape index (κ3) is 2.16. The third-order valence-corrected chi connectivity index (χ3v) is 3.19. The summed E-state index contributed by atoms with van der Waals surface area (Å²) in [6.45, 7) is 5.91. The SMILES string of the molecule is C=C1C[C@H](c2ccccc2)[C@H]1COC(C)=O. The van der Waals surface area contributed by atoms with Crippen molar-refractivity contribution in [3.63, 3.8) is 0 Å². The van der Waals surface area contributed by atoms with Crippen LogP contribution in [0.25, 0.3) is 0 Å². The molecule has 1 aliphatic rings. The minimum Gasteiger partial charge on any atom is -0.465 e. The van der Waals surface area contributed by atoms with Gasteiger partial charge in [-0.25, -0.2) is 0 Å². The molecule has 0 aromatic heterocycles. The summed E-state index contributed by atoms with van der Waals surface area (Å²) < 4.78 is 5.07. The van der Waals surface area contributed by atoms with E-state index < -0.39 is 0 Å². The molecule has 1 saturated carbocycles. The maximum absolute atomic E-state index is 10.8. The average Bonchev–Trinajstić information content (AvgIpc) is 2.26. The van der Waals surface area contributed by atoms with Gasteiger partial charge in [0.1, 0.15) is 0 Å². The van der Waals surface area contributed by atoms with Crippen LogP contribution in [0.15, 0.2) is 42.5 Å². The summed E-state index contributed by atoms with van der Waals surface area (Å²) in [4.78, 5) is 10.8. The van der Waals surface area contributed by atoms with Crippen LogP contribution in [0.5, 0.6) is 0 Å². The number of hydrogen-bond donors (Lipinski definition) is 0. The lowest BCUT2D eigenvalue weighted by molar-refractivity contribution is -0.142. The standard InChI is InChI=1S/C14H16O2/c1-10-8-13(12-6-4-3-5-7-12)14(10)9-16-11(2)15/h3-7,13-14H,1,8-9H2,2H3/t13-,14+/m1/s1. The molecule has 2 atom stereocenters. The van der Waals surface area contributed by atoms with E-state index in [9.17, 15) is 4.79 Å². The lowest BCUT2D eigenvalue weighted by Crippen LogP contribution is -2.31. The van der Waals surface area contributed by atoms with Gasteiger partial charge in [0, 0.05) is 12.8 Å². The second-order valence-electron chi connectivity index (χ2n) is 4.29. The zero-order valence-corrected chi connectivity index (χ0v) is 9.48. The summed E-state index contributed by atoms with van der Waals surface area (Å²) in [7, 11) is 0. The predicted octanol–water partition coefficient (Wildman–Crippen LogP) is 2.91. The normalized spacial score (nSPS) is 23.7. The Bertz CT molecular complexity index is 394. The van der Waals surface area contributed by atoms with Crippen molar-refractivity contribution in [1.82, 2.24) is 0 Å². The Labute approximate surface area is 95.9 Å². The van der Waals surface area contributed by atoms with Crippen molar-refractivity contribution in [3.8, 4) is 0 Å². The Hall–Kier alpha value is -1.57. The fourth-order valence-corrected chi connectivity index (χ4v) is 2.19. The van der Waals surface area contributed by atoms with Crippen molar-refractivity contribution in [2.24, 2.45) is 5.92 Å². The maximum Gasteiger partial charge on any atom is 0.302 e. The molecule has 1 aliphatic carbocycles. The summed E-state index contributed by atoms with van der Waals surface area (Å²) in [5.41, 5.74) is 2.50. The second-order valence-corrected chi connectivity index (χ2v) is 4.29. The van der Waals surface area contributed by atoms with E-state index >= 15 is 0 Å². The summed E-state index contributed by atoms with van der Waals surface area (Å²) in [6.07, 6.45) is 1.01. The molecule has 16 heavy (non-hydrogen) atoms. The van der Waals surface area contributed by atoms with Crippen LogP contribution in [-0.2, 0) is 9.53 Å². The highest BCUT2D eigenvalue weighted by atomic mass is 16.5. The van der Waals surface area contributed by atoms with Crippen molar-refractivity contribution in [3.05, 3.63) is 48.0 Å². The molecule has 0 heterocycles. The van der Waals surface area contributed by atoms with E-state index in [2.05, 4.69) is 18.7 Å². The van der Waals surface area contributed by atoms with E-state index in [0.29, 0.717) is 18.4 Å². The topological polar surface area (TPSA) is 26.3 Å². The van der Waals surface area contributed by atoms with E-state index in [4.69, 9.17) is 4.74 Å². The molecule has 0 spiro atoms. The quantitative estimate of drug-likeness (QED) is 0.573. The lowest BCUT2D eigenvalue weighted by Gasteiger charge is -2.39. The van der Waals surface area contributed by atoms with Crippen LogP contribution >= 0.6 is 0 Å². The van der Waals surface area contributed by atoms with E-state index in [-0.39, 0.29) is 5.97 Å². The number of ether oxygens (including phenoxy) is 1. The number of hydrogen-bond acceptors (Lipinski definition) is 2. The van der Waals surface area contributed by atoms with E-state index in [1.165, 1.54) is 18.1 Å². The number of esters is 1.